The summed E-state index contributed by atoms with van der Waals surface area (Å²) in [6.07, 6.45) is 3.34. The highest BCUT2D eigenvalue weighted by atomic mass is 35.5. The highest BCUT2D eigenvalue weighted by Gasteiger charge is 2.47. The fraction of sp³-hybridized carbons (Fsp3) is 0.366. The Morgan fingerprint density at radius 3 is 2.33 bits per heavy atom. The fourth-order valence-corrected chi connectivity index (χ4v) is 8.42. The number of ether oxygens (including phenoxy) is 4. The van der Waals surface area contributed by atoms with Gasteiger partial charge in [-0.3, -0.25) is 19.4 Å². The lowest BCUT2D eigenvalue weighted by molar-refractivity contribution is -0.154. The number of amides is 1. The zero-order chi connectivity index (χ0) is 37.6. The number of pyridine rings is 1. The maximum atomic E-state index is 12.1. The first kappa shape index (κ1) is 35.8. The second-order valence-electron chi connectivity index (χ2n) is 14.3. The lowest BCUT2D eigenvalue weighted by atomic mass is 9.88. The molecule has 3 aliphatic heterocycles. The summed E-state index contributed by atoms with van der Waals surface area (Å²) in [5.74, 6) is 1.77. The topological polar surface area (TPSA) is 120 Å². The molecular weight excluding hydrogens is 708 g/mol. The van der Waals surface area contributed by atoms with Crippen LogP contribution in [0.5, 0.6) is 17.4 Å². The minimum atomic E-state index is -0.152. The van der Waals surface area contributed by atoms with Gasteiger partial charge in [-0.1, -0.05) is 48.0 Å². The molecule has 13 heteroatoms. The molecular formula is C41H43ClN6O6. The third kappa shape index (κ3) is 6.52. The van der Waals surface area contributed by atoms with Gasteiger partial charge in [-0.15, -0.1) is 0 Å². The van der Waals surface area contributed by atoms with Gasteiger partial charge < -0.3 is 24.3 Å². The average Bonchev–Trinajstić information content (AvgIpc) is 3.77. The Morgan fingerprint density at radius 2 is 1.65 bits per heavy atom. The lowest BCUT2D eigenvalue weighted by Crippen LogP contribution is -2.66. The van der Waals surface area contributed by atoms with E-state index in [1.165, 1.54) is 0 Å². The number of nitrogens with one attached hydrogen (secondary N) is 1. The summed E-state index contributed by atoms with van der Waals surface area (Å²) in [5.41, 5.74) is 6.77. The van der Waals surface area contributed by atoms with Crippen molar-refractivity contribution in [2.45, 2.75) is 38.4 Å². The van der Waals surface area contributed by atoms with Gasteiger partial charge in [0.05, 0.1) is 73.1 Å². The van der Waals surface area contributed by atoms with Crippen molar-refractivity contribution >= 4 is 34.4 Å². The molecule has 0 atom stereocenters. The number of carbonyl (C=O) groups is 2. The number of nitrogens with zero attached hydrogens (tertiary/aromatic N) is 5. The predicted molar refractivity (Wildman–Crippen MR) is 205 cm³/mol. The minimum absolute atomic E-state index is 0.0812. The van der Waals surface area contributed by atoms with Crippen LogP contribution in [0.1, 0.15) is 30.9 Å². The van der Waals surface area contributed by atoms with Crippen LogP contribution in [0.3, 0.4) is 0 Å². The Kier molecular flexibility index (Phi) is 9.67. The molecule has 54 heavy (non-hydrogen) atoms. The SMILES string of the molecule is CCOC(=O)C1CN(Cc2c(OC)cc(-n3ncc4c(-c5cccc(-c6ccc(CN7CC8(CCC(=O)N8)C7)c(OC)n6)c5Cl)cccc43)cc2OC)C1. The molecule has 5 aromatic rings. The summed E-state index contributed by atoms with van der Waals surface area (Å²) in [7, 11) is 4.92. The second-order valence-corrected chi connectivity index (χ2v) is 14.7. The van der Waals surface area contributed by atoms with E-state index in [9.17, 15) is 9.59 Å². The van der Waals surface area contributed by atoms with Crippen molar-refractivity contribution in [1.29, 1.82) is 0 Å². The molecule has 3 aliphatic rings. The number of hydrogen-bond donors (Lipinski definition) is 1. The first-order valence-corrected chi connectivity index (χ1v) is 18.6. The lowest BCUT2D eigenvalue weighted by Gasteiger charge is -2.48. The van der Waals surface area contributed by atoms with E-state index >= 15 is 0 Å². The molecule has 1 spiro atoms. The van der Waals surface area contributed by atoms with Crippen LogP contribution in [0.4, 0.5) is 0 Å². The average molecular weight is 751 g/mol. The van der Waals surface area contributed by atoms with E-state index in [-0.39, 0.29) is 23.3 Å². The van der Waals surface area contributed by atoms with Gasteiger partial charge in [-0.25, -0.2) is 9.67 Å². The van der Waals surface area contributed by atoms with Crippen LogP contribution in [0.15, 0.2) is 66.9 Å². The Hall–Kier alpha value is -5.17. The molecule has 0 bridgehead atoms. The summed E-state index contributed by atoms with van der Waals surface area (Å²) in [6.45, 7) is 6.36. The van der Waals surface area contributed by atoms with E-state index in [1.54, 1.807) is 21.3 Å². The van der Waals surface area contributed by atoms with E-state index in [4.69, 9.17) is 40.6 Å². The van der Waals surface area contributed by atoms with Gasteiger partial charge in [0.25, 0.3) is 0 Å². The van der Waals surface area contributed by atoms with Crippen LogP contribution in [0, 0.1) is 5.92 Å². The Bertz CT molecular complexity index is 2220. The number of halogens is 1. The highest BCUT2D eigenvalue weighted by Crippen LogP contribution is 2.41. The van der Waals surface area contributed by atoms with Gasteiger partial charge >= 0.3 is 5.97 Å². The first-order valence-electron chi connectivity index (χ1n) is 18.2. The summed E-state index contributed by atoms with van der Waals surface area (Å²) < 4.78 is 24.6. The molecule has 3 fully saturated rings. The Morgan fingerprint density at radius 1 is 0.926 bits per heavy atom. The molecule has 280 valence electrons. The standard InChI is InChI=1S/C41H43ClN6O6/c1-5-54-40(50)26-20-46(21-26)22-32-35(51-2)16-27(17-36(32)52-3)48-34-11-7-8-28(31(34)18-43-48)29-9-6-10-30(38(29)42)33-13-12-25(39(44-33)53-4)19-47-23-41(24-47)15-14-37(49)45-41/h6-13,16-18,26H,5,14-15,19-24H2,1-4H3,(H,45,49). The third-order valence-corrected chi connectivity index (χ3v) is 11.2. The highest BCUT2D eigenvalue weighted by molar-refractivity contribution is 6.36. The van der Waals surface area contributed by atoms with Gasteiger partial charge in [0.1, 0.15) is 11.5 Å². The minimum Gasteiger partial charge on any atom is -0.496 e. The van der Waals surface area contributed by atoms with Gasteiger partial charge in [-0.2, -0.15) is 5.10 Å². The molecule has 8 rings (SSSR count). The summed E-state index contributed by atoms with van der Waals surface area (Å²) in [4.78, 5) is 33.3. The quantitative estimate of drug-likeness (QED) is 0.155. The van der Waals surface area contributed by atoms with Crippen molar-refractivity contribution in [3.63, 3.8) is 0 Å². The molecule has 12 nitrogen and oxygen atoms in total. The molecule has 3 saturated heterocycles. The maximum absolute atomic E-state index is 12.1. The number of likely N-dealkylation sites (tertiary alicyclic amines) is 2. The summed E-state index contributed by atoms with van der Waals surface area (Å²) in [5, 5.41) is 9.46. The van der Waals surface area contributed by atoms with Gasteiger partial charge in [0, 0.05) is 79.9 Å². The molecule has 0 saturated carbocycles. The van der Waals surface area contributed by atoms with Crippen molar-refractivity contribution in [1.82, 2.24) is 29.9 Å². The van der Waals surface area contributed by atoms with Crippen LogP contribution in [0.25, 0.3) is 39.0 Å². The molecule has 1 N–H and O–H groups in total. The Balaban J connectivity index is 1.05. The fourth-order valence-electron chi connectivity index (χ4n) is 8.10. The number of benzene rings is 3. The largest absolute Gasteiger partial charge is 0.496 e. The van der Waals surface area contributed by atoms with Crippen molar-refractivity contribution < 1.29 is 28.5 Å². The summed E-state index contributed by atoms with van der Waals surface area (Å²) >= 11 is 7.22. The van der Waals surface area contributed by atoms with Crippen LogP contribution >= 0.6 is 11.6 Å². The number of carbonyl (C=O) groups excluding carboxylic acids is 2. The zero-order valence-corrected chi connectivity index (χ0v) is 31.6. The third-order valence-electron chi connectivity index (χ3n) is 10.8. The smallest absolute Gasteiger partial charge is 0.311 e. The molecule has 1 amide bonds. The number of fused-ring (bicyclic) bond motifs is 1. The van der Waals surface area contributed by atoms with E-state index in [0.29, 0.717) is 67.3 Å². The molecule has 3 aromatic carbocycles. The van der Waals surface area contributed by atoms with Gasteiger partial charge in [0.2, 0.25) is 11.8 Å². The van der Waals surface area contributed by atoms with Crippen molar-refractivity contribution in [3.8, 4) is 45.5 Å². The van der Waals surface area contributed by atoms with E-state index in [2.05, 4.69) is 15.1 Å². The molecule has 0 unspecified atom stereocenters. The predicted octanol–water partition coefficient (Wildman–Crippen LogP) is 5.89. The molecule has 0 aliphatic carbocycles. The second kappa shape index (κ2) is 14.6. The van der Waals surface area contributed by atoms with Gasteiger partial charge in [0.15, 0.2) is 0 Å². The van der Waals surface area contributed by atoms with Crippen LogP contribution in [-0.2, 0) is 27.4 Å². The number of methoxy groups -OCH3 is 3. The van der Waals surface area contributed by atoms with Crippen molar-refractivity contribution in [3.05, 3.63) is 83.0 Å². The summed E-state index contributed by atoms with van der Waals surface area (Å²) in [6, 6.07) is 20.0. The zero-order valence-electron chi connectivity index (χ0n) is 30.9. The van der Waals surface area contributed by atoms with E-state index in [1.807, 2.05) is 78.5 Å². The van der Waals surface area contributed by atoms with Crippen LogP contribution < -0.4 is 19.5 Å². The van der Waals surface area contributed by atoms with Crippen molar-refractivity contribution in [2.24, 2.45) is 5.92 Å². The molecule has 5 heterocycles. The first-order chi connectivity index (χ1) is 26.2. The monoisotopic (exact) mass is 750 g/mol. The Labute approximate surface area is 318 Å². The van der Waals surface area contributed by atoms with Crippen molar-refractivity contribution in [2.75, 3.05) is 54.1 Å². The number of esters is 1. The molecule has 0 radical (unpaired) electrons. The number of rotatable bonds is 12. The number of aromatic nitrogens is 3. The molecule has 2 aromatic heterocycles. The van der Waals surface area contributed by atoms with E-state index < -0.39 is 0 Å². The van der Waals surface area contributed by atoms with Crippen LogP contribution in [-0.4, -0.2) is 96.1 Å². The normalized spacial score (nSPS) is 16.9. The number of hydrogen-bond acceptors (Lipinski definition) is 10. The van der Waals surface area contributed by atoms with Crippen LogP contribution in [0.2, 0.25) is 5.02 Å². The maximum Gasteiger partial charge on any atom is 0.311 e. The van der Waals surface area contributed by atoms with Gasteiger partial charge in [-0.05, 0) is 31.0 Å². The van der Waals surface area contributed by atoms with E-state index in [0.717, 1.165) is 63.9 Å².